The molecule has 1 amide bonds. The predicted molar refractivity (Wildman–Crippen MR) is 120 cm³/mol. The fourth-order valence-corrected chi connectivity index (χ4v) is 4.68. The van der Waals surface area contributed by atoms with Gasteiger partial charge < -0.3 is 15.7 Å². The highest BCUT2D eigenvalue weighted by molar-refractivity contribution is 6.30. The standard InChI is InChI=1S/C23H29ClN4O2/c24-17-4-3-5-19(14-17)27-23(30)16-8-9-22(25-15-16)26-18-10-12-28(13-11-18)20-6-1-2-7-21(20)29/h3-5,8-9,14-15,18,20-21,29H,1-2,6-7,10-13H2,(H,25,26)(H,27,30). The SMILES string of the molecule is O=C(Nc1cccc(Cl)c1)c1ccc(NC2CCN(C3CCCCC3O)CC2)nc1. The number of aliphatic hydroxyl groups excluding tert-OH is 1. The highest BCUT2D eigenvalue weighted by atomic mass is 35.5. The van der Waals surface area contributed by atoms with Gasteiger partial charge in [-0.25, -0.2) is 4.98 Å². The molecule has 7 heteroatoms. The number of hydrogen-bond acceptors (Lipinski definition) is 5. The topological polar surface area (TPSA) is 77.5 Å². The Kier molecular flexibility index (Phi) is 6.87. The summed E-state index contributed by atoms with van der Waals surface area (Å²) in [5.74, 6) is 0.570. The van der Waals surface area contributed by atoms with E-state index in [0.29, 0.717) is 28.4 Å². The minimum atomic E-state index is -0.212. The molecule has 0 spiro atoms. The summed E-state index contributed by atoms with van der Waals surface area (Å²) in [4.78, 5) is 19.3. The lowest BCUT2D eigenvalue weighted by atomic mass is 9.89. The Bertz CT molecular complexity index is 853. The van der Waals surface area contributed by atoms with Crippen molar-refractivity contribution in [3.63, 3.8) is 0 Å². The van der Waals surface area contributed by atoms with Crippen LogP contribution in [0.15, 0.2) is 42.6 Å². The van der Waals surface area contributed by atoms with Gasteiger partial charge in [0.25, 0.3) is 5.91 Å². The van der Waals surface area contributed by atoms with E-state index in [2.05, 4.69) is 20.5 Å². The number of rotatable bonds is 5. The maximum atomic E-state index is 12.4. The lowest BCUT2D eigenvalue weighted by Crippen LogP contribution is -2.50. The molecule has 2 aliphatic rings. The number of nitrogens with zero attached hydrogens (tertiary/aromatic N) is 2. The molecule has 2 heterocycles. The number of hydrogen-bond donors (Lipinski definition) is 3. The molecule has 1 saturated carbocycles. The summed E-state index contributed by atoms with van der Waals surface area (Å²) in [5, 5.41) is 17.2. The van der Waals surface area contributed by atoms with Crippen LogP contribution < -0.4 is 10.6 Å². The van der Waals surface area contributed by atoms with Crippen molar-refractivity contribution in [2.75, 3.05) is 23.7 Å². The van der Waals surface area contributed by atoms with Gasteiger partial charge in [-0.3, -0.25) is 9.69 Å². The first kappa shape index (κ1) is 21.1. The molecule has 2 atom stereocenters. The average Bonchev–Trinajstić information content (AvgIpc) is 2.75. The first-order valence-corrected chi connectivity index (χ1v) is 11.2. The van der Waals surface area contributed by atoms with E-state index >= 15 is 0 Å². The van der Waals surface area contributed by atoms with Gasteiger partial charge in [-0.15, -0.1) is 0 Å². The van der Waals surface area contributed by atoms with Crippen molar-refractivity contribution in [1.82, 2.24) is 9.88 Å². The minimum absolute atomic E-state index is 0.171. The van der Waals surface area contributed by atoms with Crippen LogP contribution in [0.5, 0.6) is 0 Å². The van der Waals surface area contributed by atoms with Crippen LogP contribution in [0.2, 0.25) is 5.02 Å². The molecule has 1 saturated heterocycles. The third kappa shape index (κ3) is 5.31. The number of likely N-dealkylation sites (tertiary alicyclic amines) is 1. The van der Waals surface area contributed by atoms with Crippen LogP contribution in [-0.2, 0) is 0 Å². The Morgan fingerprint density at radius 1 is 1.10 bits per heavy atom. The van der Waals surface area contributed by atoms with Gasteiger partial charge in [-0.05, 0) is 56.0 Å². The molecule has 1 aromatic carbocycles. The number of piperidine rings is 1. The molecule has 3 N–H and O–H groups in total. The minimum Gasteiger partial charge on any atom is -0.391 e. The maximum Gasteiger partial charge on any atom is 0.257 e. The van der Waals surface area contributed by atoms with Crippen LogP contribution in [0.4, 0.5) is 11.5 Å². The summed E-state index contributed by atoms with van der Waals surface area (Å²) in [6, 6.07) is 11.4. The quantitative estimate of drug-likeness (QED) is 0.666. The normalized spacial score (nSPS) is 23.1. The van der Waals surface area contributed by atoms with Crippen LogP contribution in [0.1, 0.15) is 48.9 Å². The highest BCUT2D eigenvalue weighted by Gasteiger charge is 2.31. The summed E-state index contributed by atoms with van der Waals surface area (Å²) >= 11 is 5.96. The zero-order chi connectivity index (χ0) is 20.9. The molecule has 2 aromatic rings. The lowest BCUT2D eigenvalue weighted by Gasteiger charge is -2.41. The van der Waals surface area contributed by atoms with Crippen molar-refractivity contribution < 1.29 is 9.90 Å². The summed E-state index contributed by atoms with van der Waals surface area (Å²) in [7, 11) is 0. The second kappa shape index (κ2) is 9.77. The smallest absolute Gasteiger partial charge is 0.257 e. The fourth-order valence-electron chi connectivity index (χ4n) is 4.49. The van der Waals surface area contributed by atoms with E-state index in [9.17, 15) is 9.90 Å². The van der Waals surface area contributed by atoms with Gasteiger partial charge in [0, 0.05) is 42.1 Å². The summed E-state index contributed by atoms with van der Waals surface area (Å²) in [6.07, 6.45) is 7.90. The zero-order valence-electron chi connectivity index (χ0n) is 17.1. The van der Waals surface area contributed by atoms with E-state index in [1.807, 2.05) is 6.07 Å². The summed E-state index contributed by atoms with van der Waals surface area (Å²) < 4.78 is 0. The Balaban J connectivity index is 1.27. The number of pyridine rings is 1. The first-order chi connectivity index (χ1) is 14.6. The third-order valence-corrected chi connectivity index (χ3v) is 6.39. The van der Waals surface area contributed by atoms with Gasteiger partial charge in [0.05, 0.1) is 11.7 Å². The third-order valence-electron chi connectivity index (χ3n) is 6.15. The second-order valence-electron chi connectivity index (χ2n) is 8.27. The highest BCUT2D eigenvalue weighted by Crippen LogP contribution is 2.26. The first-order valence-electron chi connectivity index (χ1n) is 10.8. The zero-order valence-corrected chi connectivity index (χ0v) is 17.8. The van der Waals surface area contributed by atoms with Crippen LogP contribution in [-0.4, -0.2) is 52.2 Å². The number of benzene rings is 1. The molecule has 6 nitrogen and oxygen atoms in total. The van der Waals surface area contributed by atoms with E-state index in [4.69, 9.17) is 11.6 Å². The van der Waals surface area contributed by atoms with Gasteiger partial charge >= 0.3 is 0 Å². The van der Waals surface area contributed by atoms with Crippen LogP contribution >= 0.6 is 11.6 Å². The molecule has 30 heavy (non-hydrogen) atoms. The van der Waals surface area contributed by atoms with Crippen molar-refractivity contribution in [3.8, 4) is 0 Å². The van der Waals surface area contributed by atoms with Crippen molar-refractivity contribution >= 4 is 29.0 Å². The lowest BCUT2D eigenvalue weighted by molar-refractivity contribution is 0.00992. The molecule has 0 bridgehead atoms. The molecule has 1 aliphatic carbocycles. The average molecular weight is 429 g/mol. The number of aliphatic hydroxyl groups is 1. The molecule has 0 radical (unpaired) electrons. The van der Waals surface area contributed by atoms with Crippen molar-refractivity contribution in [3.05, 3.63) is 53.2 Å². The second-order valence-corrected chi connectivity index (χ2v) is 8.71. The van der Waals surface area contributed by atoms with Crippen molar-refractivity contribution in [2.45, 2.75) is 56.7 Å². The molecular weight excluding hydrogens is 400 g/mol. The maximum absolute atomic E-state index is 12.4. The number of halogens is 1. The monoisotopic (exact) mass is 428 g/mol. The molecule has 2 fully saturated rings. The van der Waals surface area contributed by atoms with Crippen LogP contribution in [0.25, 0.3) is 0 Å². The van der Waals surface area contributed by atoms with E-state index in [-0.39, 0.29) is 12.0 Å². The Hall–Kier alpha value is -2.15. The Labute approximate surface area is 182 Å². The van der Waals surface area contributed by atoms with E-state index in [1.165, 1.54) is 6.42 Å². The van der Waals surface area contributed by atoms with Crippen LogP contribution in [0, 0.1) is 0 Å². The van der Waals surface area contributed by atoms with E-state index < -0.39 is 0 Å². The van der Waals surface area contributed by atoms with Crippen molar-refractivity contribution in [2.24, 2.45) is 0 Å². The number of aromatic nitrogens is 1. The van der Waals surface area contributed by atoms with Gasteiger partial charge in [0.2, 0.25) is 0 Å². The molecule has 4 rings (SSSR count). The fraction of sp³-hybridized carbons (Fsp3) is 0.478. The largest absolute Gasteiger partial charge is 0.391 e. The number of amides is 1. The van der Waals surface area contributed by atoms with Gasteiger partial charge in [-0.1, -0.05) is 30.5 Å². The Morgan fingerprint density at radius 3 is 2.60 bits per heavy atom. The van der Waals surface area contributed by atoms with Gasteiger partial charge in [0.15, 0.2) is 0 Å². The predicted octanol–water partition coefficient (Wildman–Crippen LogP) is 4.17. The van der Waals surface area contributed by atoms with Crippen LogP contribution in [0.3, 0.4) is 0 Å². The van der Waals surface area contributed by atoms with E-state index in [0.717, 1.165) is 51.0 Å². The number of carbonyl (C=O) groups is 1. The van der Waals surface area contributed by atoms with Gasteiger partial charge in [0.1, 0.15) is 5.82 Å². The number of anilines is 2. The number of nitrogens with one attached hydrogen (secondary N) is 2. The molecule has 1 aromatic heterocycles. The van der Waals surface area contributed by atoms with E-state index in [1.54, 1.807) is 36.5 Å². The summed E-state index contributed by atoms with van der Waals surface area (Å²) in [5.41, 5.74) is 1.16. The molecule has 2 unspecified atom stereocenters. The summed E-state index contributed by atoms with van der Waals surface area (Å²) in [6.45, 7) is 2.00. The molecule has 1 aliphatic heterocycles. The van der Waals surface area contributed by atoms with Gasteiger partial charge in [-0.2, -0.15) is 0 Å². The Morgan fingerprint density at radius 2 is 1.90 bits per heavy atom. The molecular formula is C23H29ClN4O2. The van der Waals surface area contributed by atoms with Crippen molar-refractivity contribution in [1.29, 1.82) is 0 Å². The molecule has 160 valence electrons. The number of carbonyl (C=O) groups excluding carboxylic acids is 1.